The Hall–Kier alpha value is -0.810. The van der Waals surface area contributed by atoms with E-state index >= 15 is 0 Å². The molecule has 3 rings (SSSR count). The van der Waals surface area contributed by atoms with Crippen molar-refractivity contribution in [1.82, 2.24) is 15.5 Å². The summed E-state index contributed by atoms with van der Waals surface area (Å²) < 4.78 is 0. The predicted molar refractivity (Wildman–Crippen MR) is 76.0 cm³/mol. The minimum atomic E-state index is 0.731. The second kappa shape index (κ2) is 5.89. The molecular formula is C13H20N4S. The van der Waals surface area contributed by atoms with Crippen LogP contribution in [0.4, 0.5) is 5.82 Å². The third kappa shape index (κ3) is 3.36. The number of thioether (sulfide) groups is 1. The van der Waals surface area contributed by atoms with Crippen molar-refractivity contribution in [2.75, 3.05) is 29.5 Å². The Morgan fingerprint density at radius 2 is 2.17 bits per heavy atom. The van der Waals surface area contributed by atoms with Gasteiger partial charge in [0.2, 0.25) is 0 Å². The molecule has 0 radical (unpaired) electrons. The fraction of sp³-hybridized carbons (Fsp3) is 0.692. The SMILES string of the molecule is c1cc(N2CCCSCC2)nnc1CNC1CC1. The number of anilines is 1. The highest BCUT2D eigenvalue weighted by atomic mass is 32.2. The van der Waals surface area contributed by atoms with E-state index in [0.717, 1.165) is 37.2 Å². The first-order valence-corrected chi connectivity index (χ1v) is 7.96. The van der Waals surface area contributed by atoms with Crippen molar-refractivity contribution in [3.05, 3.63) is 17.8 Å². The molecule has 1 aromatic heterocycles. The Kier molecular flexibility index (Phi) is 4.00. The van der Waals surface area contributed by atoms with Crippen LogP contribution in [0.5, 0.6) is 0 Å². The minimum absolute atomic E-state index is 0.731. The molecule has 0 aromatic carbocycles. The maximum atomic E-state index is 4.37. The largest absolute Gasteiger partial charge is 0.354 e. The average molecular weight is 264 g/mol. The molecule has 1 saturated heterocycles. The molecule has 1 aliphatic heterocycles. The molecule has 1 aromatic rings. The minimum Gasteiger partial charge on any atom is -0.354 e. The summed E-state index contributed by atoms with van der Waals surface area (Å²) in [5.74, 6) is 3.51. The zero-order chi connectivity index (χ0) is 12.2. The lowest BCUT2D eigenvalue weighted by Gasteiger charge is -2.20. The smallest absolute Gasteiger partial charge is 0.151 e. The molecule has 0 amide bonds. The quantitative estimate of drug-likeness (QED) is 0.896. The Morgan fingerprint density at radius 3 is 2.94 bits per heavy atom. The summed E-state index contributed by atoms with van der Waals surface area (Å²) in [4.78, 5) is 2.35. The lowest BCUT2D eigenvalue weighted by Crippen LogP contribution is -2.27. The van der Waals surface area contributed by atoms with Gasteiger partial charge < -0.3 is 10.2 Å². The van der Waals surface area contributed by atoms with Crippen LogP contribution in [-0.2, 0) is 6.54 Å². The third-order valence-electron chi connectivity index (χ3n) is 3.40. The molecule has 2 fully saturated rings. The number of nitrogens with one attached hydrogen (secondary N) is 1. The summed E-state index contributed by atoms with van der Waals surface area (Å²) in [5.41, 5.74) is 1.05. The Labute approximate surface area is 113 Å². The molecule has 2 heterocycles. The predicted octanol–water partition coefficient (Wildman–Crippen LogP) is 1.67. The van der Waals surface area contributed by atoms with Crippen LogP contribution in [0.3, 0.4) is 0 Å². The van der Waals surface area contributed by atoms with Gasteiger partial charge in [-0.3, -0.25) is 0 Å². The fourth-order valence-corrected chi connectivity index (χ4v) is 3.01. The van der Waals surface area contributed by atoms with Crippen LogP contribution in [0.25, 0.3) is 0 Å². The van der Waals surface area contributed by atoms with E-state index in [1.54, 1.807) is 0 Å². The topological polar surface area (TPSA) is 41.1 Å². The van der Waals surface area contributed by atoms with Crippen molar-refractivity contribution in [3.63, 3.8) is 0 Å². The standard InChI is InChI=1S/C13H20N4S/c1-6-17(7-9-18-8-1)13-5-4-12(15-16-13)10-14-11-2-3-11/h4-5,11,14H,1-3,6-10H2. The van der Waals surface area contributed by atoms with E-state index in [1.165, 1.54) is 30.8 Å². The van der Waals surface area contributed by atoms with Crippen LogP contribution in [0, 0.1) is 0 Å². The molecular weight excluding hydrogens is 244 g/mol. The van der Waals surface area contributed by atoms with Gasteiger partial charge in [0.15, 0.2) is 5.82 Å². The van der Waals surface area contributed by atoms with E-state index in [2.05, 4.69) is 32.5 Å². The molecule has 98 valence electrons. The van der Waals surface area contributed by atoms with Gasteiger partial charge >= 0.3 is 0 Å². The lowest BCUT2D eigenvalue weighted by atomic mass is 10.3. The van der Waals surface area contributed by atoms with Gasteiger partial charge in [-0.1, -0.05) is 0 Å². The molecule has 0 atom stereocenters. The summed E-state index contributed by atoms with van der Waals surface area (Å²) in [6.45, 7) is 3.06. The summed E-state index contributed by atoms with van der Waals surface area (Å²) in [6, 6.07) is 4.96. The third-order valence-corrected chi connectivity index (χ3v) is 4.45. The Bertz CT molecular complexity index is 369. The van der Waals surface area contributed by atoms with Crippen molar-refractivity contribution < 1.29 is 0 Å². The molecule has 0 bridgehead atoms. The number of nitrogens with zero attached hydrogens (tertiary/aromatic N) is 3. The summed E-state index contributed by atoms with van der Waals surface area (Å²) in [5, 5.41) is 12.2. The first kappa shape index (κ1) is 12.2. The number of hydrogen-bond acceptors (Lipinski definition) is 5. The van der Waals surface area contributed by atoms with Gasteiger partial charge in [0, 0.05) is 31.4 Å². The van der Waals surface area contributed by atoms with Crippen LogP contribution < -0.4 is 10.2 Å². The Balaban J connectivity index is 1.58. The maximum Gasteiger partial charge on any atom is 0.151 e. The van der Waals surface area contributed by atoms with E-state index in [1.807, 2.05) is 11.8 Å². The number of aromatic nitrogens is 2. The van der Waals surface area contributed by atoms with Gasteiger partial charge in [0.25, 0.3) is 0 Å². The van der Waals surface area contributed by atoms with Gasteiger partial charge in [-0.25, -0.2) is 0 Å². The number of hydrogen-bond donors (Lipinski definition) is 1. The van der Waals surface area contributed by atoms with Crippen LogP contribution in [0.2, 0.25) is 0 Å². The van der Waals surface area contributed by atoms with Crippen molar-refractivity contribution in [2.24, 2.45) is 0 Å². The first-order valence-electron chi connectivity index (χ1n) is 6.80. The zero-order valence-electron chi connectivity index (χ0n) is 10.6. The highest BCUT2D eigenvalue weighted by molar-refractivity contribution is 7.99. The van der Waals surface area contributed by atoms with Crippen molar-refractivity contribution >= 4 is 17.6 Å². The zero-order valence-corrected chi connectivity index (χ0v) is 11.5. The summed E-state index contributed by atoms with van der Waals surface area (Å²) >= 11 is 2.04. The van der Waals surface area contributed by atoms with Gasteiger partial charge in [-0.2, -0.15) is 16.9 Å². The van der Waals surface area contributed by atoms with Crippen molar-refractivity contribution in [2.45, 2.75) is 31.8 Å². The lowest BCUT2D eigenvalue weighted by molar-refractivity contribution is 0.663. The molecule has 18 heavy (non-hydrogen) atoms. The molecule has 0 unspecified atom stereocenters. The summed E-state index contributed by atoms with van der Waals surface area (Å²) in [6.07, 6.45) is 3.88. The monoisotopic (exact) mass is 264 g/mol. The van der Waals surface area contributed by atoms with E-state index in [4.69, 9.17) is 0 Å². The van der Waals surface area contributed by atoms with Crippen LogP contribution in [0.15, 0.2) is 12.1 Å². The molecule has 1 N–H and O–H groups in total. The summed E-state index contributed by atoms with van der Waals surface area (Å²) in [7, 11) is 0. The normalized spacial score (nSPS) is 20.8. The van der Waals surface area contributed by atoms with E-state index in [0.29, 0.717) is 0 Å². The van der Waals surface area contributed by atoms with Crippen LogP contribution in [0.1, 0.15) is 25.0 Å². The highest BCUT2D eigenvalue weighted by Crippen LogP contribution is 2.19. The first-order chi connectivity index (χ1) is 8.92. The fourth-order valence-electron chi connectivity index (χ4n) is 2.13. The van der Waals surface area contributed by atoms with Crippen molar-refractivity contribution in [1.29, 1.82) is 0 Å². The second-order valence-corrected chi connectivity index (χ2v) is 6.22. The molecule has 1 saturated carbocycles. The van der Waals surface area contributed by atoms with E-state index in [9.17, 15) is 0 Å². The van der Waals surface area contributed by atoms with Gasteiger partial charge in [0.1, 0.15) is 0 Å². The van der Waals surface area contributed by atoms with Gasteiger partial charge in [0.05, 0.1) is 5.69 Å². The van der Waals surface area contributed by atoms with E-state index in [-0.39, 0.29) is 0 Å². The van der Waals surface area contributed by atoms with Gasteiger partial charge in [-0.05, 0) is 37.1 Å². The molecule has 2 aliphatic rings. The molecule has 1 aliphatic carbocycles. The molecule has 0 spiro atoms. The number of rotatable bonds is 4. The Morgan fingerprint density at radius 1 is 1.22 bits per heavy atom. The van der Waals surface area contributed by atoms with Gasteiger partial charge in [-0.15, -0.1) is 5.10 Å². The van der Waals surface area contributed by atoms with E-state index < -0.39 is 0 Å². The molecule has 5 heteroatoms. The van der Waals surface area contributed by atoms with Crippen LogP contribution >= 0.6 is 11.8 Å². The highest BCUT2D eigenvalue weighted by Gasteiger charge is 2.20. The molecule has 4 nitrogen and oxygen atoms in total. The average Bonchev–Trinajstić information content (AvgIpc) is 3.24. The maximum absolute atomic E-state index is 4.37. The van der Waals surface area contributed by atoms with Crippen molar-refractivity contribution in [3.8, 4) is 0 Å². The van der Waals surface area contributed by atoms with Crippen LogP contribution in [-0.4, -0.2) is 40.8 Å². The second-order valence-electron chi connectivity index (χ2n) is 4.99.